The van der Waals surface area contributed by atoms with Gasteiger partial charge in [-0.3, -0.25) is 4.79 Å². The number of nitrogens with zero attached hydrogens (tertiary/aromatic N) is 3. The normalized spacial score (nSPS) is 10.9. The van der Waals surface area contributed by atoms with Gasteiger partial charge in [-0.15, -0.1) is 5.10 Å². The Labute approximate surface area is 123 Å². The molecule has 0 unspecified atom stereocenters. The van der Waals surface area contributed by atoms with Gasteiger partial charge in [0.2, 0.25) is 0 Å². The first kappa shape index (κ1) is 15.4. The van der Waals surface area contributed by atoms with Crippen molar-refractivity contribution >= 4 is 23.1 Å². The van der Waals surface area contributed by atoms with Crippen LogP contribution in [-0.2, 0) is 6.42 Å². The Morgan fingerprint density at radius 3 is 2.57 bits per heavy atom. The minimum atomic E-state index is -2.70. The quantitative estimate of drug-likeness (QED) is 0.851. The molecule has 2 aromatic rings. The van der Waals surface area contributed by atoms with Crippen molar-refractivity contribution in [3.63, 3.8) is 0 Å². The summed E-state index contributed by atoms with van der Waals surface area (Å²) in [4.78, 5) is 13.6. The van der Waals surface area contributed by atoms with Crippen LogP contribution in [0.5, 0.6) is 0 Å². The molecule has 1 heterocycles. The van der Waals surface area contributed by atoms with Gasteiger partial charge in [-0.05, 0) is 42.2 Å². The van der Waals surface area contributed by atoms with Crippen molar-refractivity contribution in [1.29, 1.82) is 0 Å². The molecule has 21 heavy (non-hydrogen) atoms. The maximum absolute atomic E-state index is 12.9. The third-order valence-electron chi connectivity index (χ3n) is 2.79. The number of benzene rings is 1. The second-order valence-corrected chi connectivity index (χ2v) is 4.94. The van der Waals surface area contributed by atoms with Crippen molar-refractivity contribution in [2.45, 2.75) is 19.8 Å². The highest BCUT2D eigenvalue weighted by atomic mass is 32.1. The Kier molecular flexibility index (Phi) is 4.89. The summed E-state index contributed by atoms with van der Waals surface area (Å²) in [5.74, 6) is -1.11. The lowest BCUT2D eigenvalue weighted by molar-refractivity contribution is 0.0948. The molecule has 0 atom stereocenters. The van der Waals surface area contributed by atoms with Gasteiger partial charge < -0.3 is 4.90 Å². The molecule has 1 aromatic carbocycles. The van der Waals surface area contributed by atoms with Crippen molar-refractivity contribution in [2.24, 2.45) is 0 Å². The van der Waals surface area contributed by atoms with Gasteiger partial charge in [0, 0.05) is 5.69 Å². The van der Waals surface area contributed by atoms with E-state index in [9.17, 15) is 18.0 Å². The van der Waals surface area contributed by atoms with Crippen LogP contribution >= 0.6 is 11.5 Å². The lowest BCUT2D eigenvalue weighted by atomic mass is 10.2. The fraction of sp³-hybridized carbons (Fsp3) is 0.308. The Bertz CT molecular complexity index is 615. The van der Waals surface area contributed by atoms with Gasteiger partial charge in [0.25, 0.3) is 12.3 Å². The topological polar surface area (TPSA) is 46.1 Å². The van der Waals surface area contributed by atoms with Gasteiger partial charge >= 0.3 is 0 Å². The van der Waals surface area contributed by atoms with Crippen molar-refractivity contribution in [2.75, 3.05) is 11.4 Å². The molecule has 0 aliphatic carbocycles. The number of aromatic nitrogens is 2. The number of halogens is 3. The number of carbonyl (C=O) groups is 1. The molecule has 0 saturated heterocycles. The van der Waals surface area contributed by atoms with Gasteiger partial charge in [-0.1, -0.05) is 11.4 Å². The molecule has 8 heteroatoms. The van der Waals surface area contributed by atoms with E-state index in [4.69, 9.17) is 0 Å². The Morgan fingerprint density at radius 1 is 1.33 bits per heavy atom. The summed E-state index contributed by atoms with van der Waals surface area (Å²) in [5.41, 5.74) is 0.670. The van der Waals surface area contributed by atoms with Crippen molar-refractivity contribution < 1.29 is 18.0 Å². The van der Waals surface area contributed by atoms with Crippen LogP contribution in [0.1, 0.15) is 22.3 Å². The van der Waals surface area contributed by atoms with E-state index in [0.29, 0.717) is 12.1 Å². The minimum absolute atomic E-state index is 0.206. The monoisotopic (exact) mass is 315 g/mol. The first-order valence-electron chi connectivity index (χ1n) is 6.19. The molecule has 0 N–H and O–H groups in total. The highest BCUT2D eigenvalue weighted by molar-refractivity contribution is 7.08. The van der Waals surface area contributed by atoms with E-state index in [-0.39, 0.29) is 10.6 Å². The molecule has 2 rings (SSSR count). The van der Waals surface area contributed by atoms with E-state index in [2.05, 4.69) is 9.59 Å². The molecular weight excluding hydrogens is 303 g/mol. The van der Waals surface area contributed by atoms with E-state index in [1.165, 1.54) is 12.1 Å². The fourth-order valence-electron chi connectivity index (χ4n) is 1.79. The second kappa shape index (κ2) is 6.66. The van der Waals surface area contributed by atoms with Gasteiger partial charge in [0.1, 0.15) is 10.7 Å². The average Bonchev–Trinajstić information content (AvgIpc) is 2.93. The maximum Gasteiger partial charge on any atom is 0.272 e. The van der Waals surface area contributed by atoms with Crippen molar-refractivity contribution in [3.8, 4) is 0 Å². The summed E-state index contributed by atoms with van der Waals surface area (Å²) >= 11 is 0.864. The van der Waals surface area contributed by atoms with Gasteiger partial charge in [-0.25, -0.2) is 13.2 Å². The Hall–Kier alpha value is -1.96. The zero-order valence-corrected chi connectivity index (χ0v) is 11.9. The molecule has 1 amide bonds. The lowest BCUT2D eigenvalue weighted by Crippen LogP contribution is -2.35. The van der Waals surface area contributed by atoms with Gasteiger partial charge in [0.15, 0.2) is 0 Å². The largest absolute Gasteiger partial charge is 0.302 e. The molecular formula is C13H12F3N3OS. The molecule has 112 valence electrons. The SMILES string of the molecule is CCc1nnsc1C(=O)N(CC(F)F)c1ccc(F)cc1. The maximum atomic E-state index is 12.9. The van der Waals surface area contributed by atoms with E-state index < -0.39 is 24.7 Å². The van der Waals surface area contributed by atoms with Crippen LogP contribution in [0.15, 0.2) is 24.3 Å². The molecule has 0 fully saturated rings. The summed E-state index contributed by atoms with van der Waals surface area (Å²) in [6.07, 6.45) is -2.23. The van der Waals surface area contributed by atoms with E-state index in [0.717, 1.165) is 28.6 Å². The van der Waals surface area contributed by atoms with Crippen molar-refractivity contribution in [3.05, 3.63) is 40.7 Å². The van der Waals surface area contributed by atoms with Crippen molar-refractivity contribution in [1.82, 2.24) is 9.59 Å². The molecule has 0 bridgehead atoms. The molecule has 0 aliphatic heterocycles. The number of amides is 1. The molecule has 0 aliphatic rings. The Morgan fingerprint density at radius 2 is 2.00 bits per heavy atom. The van der Waals surface area contributed by atoms with Crippen LogP contribution in [-0.4, -0.2) is 28.5 Å². The molecule has 0 radical (unpaired) electrons. The van der Waals surface area contributed by atoms with Crippen LogP contribution in [0.3, 0.4) is 0 Å². The highest BCUT2D eigenvalue weighted by Crippen LogP contribution is 2.22. The van der Waals surface area contributed by atoms with E-state index >= 15 is 0 Å². The third-order valence-corrected chi connectivity index (χ3v) is 3.55. The van der Waals surface area contributed by atoms with Crippen LogP contribution in [0.25, 0.3) is 0 Å². The van der Waals surface area contributed by atoms with Crippen LogP contribution in [0.2, 0.25) is 0 Å². The number of hydrogen-bond acceptors (Lipinski definition) is 4. The zero-order chi connectivity index (χ0) is 15.4. The minimum Gasteiger partial charge on any atom is -0.302 e. The number of carbonyl (C=O) groups excluding carboxylic acids is 1. The molecule has 0 spiro atoms. The number of anilines is 1. The fourth-order valence-corrected chi connectivity index (χ4v) is 2.49. The summed E-state index contributed by atoms with van der Waals surface area (Å²) < 4.78 is 42.1. The Balaban J connectivity index is 2.36. The number of hydrogen-bond donors (Lipinski definition) is 0. The average molecular weight is 315 g/mol. The molecule has 1 aromatic heterocycles. The van der Waals surface area contributed by atoms with Crippen LogP contribution in [0.4, 0.5) is 18.9 Å². The standard InChI is InChI=1S/C13H12F3N3OS/c1-2-10-12(21-18-17-10)13(20)19(7-11(15)16)9-5-3-8(14)4-6-9/h3-6,11H,2,7H2,1H3. The second-order valence-electron chi connectivity index (χ2n) is 4.19. The summed E-state index contributed by atoms with van der Waals surface area (Å²) in [5, 5.41) is 3.80. The van der Waals surface area contributed by atoms with E-state index in [1.54, 1.807) is 6.92 Å². The number of rotatable bonds is 5. The number of aryl methyl sites for hydroxylation is 1. The van der Waals surface area contributed by atoms with Crippen LogP contribution < -0.4 is 4.90 Å². The summed E-state index contributed by atoms with van der Waals surface area (Å²) in [7, 11) is 0. The predicted molar refractivity (Wildman–Crippen MR) is 73.4 cm³/mol. The third kappa shape index (κ3) is 3.57. The highest BCUT2D eigenvalue weighted by Gasteiger charge is 2.25. The van der Waals surface area contributed by atoms with Gasteiger partial charge in [0.05, 0.1) is 12.2 Å². The van der Waals surface area contributed by atoms with E-state index in [1.807, 2.05) is 0 Å². The summed E-state index contributed by atoms with van der Waals surface area (Å²) in [6, 6.07) is 4.81. The first-order valence-corrected chi connectivity index (χ1v) is 6.97. The van der Waals surface area contributed by atoms with Gasteiger partial charge in [-0.2, -0.15) is 0 Å². The lowest BCUT2D eigenvalue weighted by Gasteiger charge is -2.21. The smallest absolute Gasteiger partial charge is 0.272 e. The zero-order valence-electron chi connectivity index (χ0n) is 11.1. The summed E-state index contributed by atoms with van der Waals surface area (Å²) in [6.45, 7) is 1.02. The first-order chi connectivity index (χ1) is 10.0. The van der Waals surface area contributed by atoms with Crippen LogP contribution in [0, 0.1) is 5.82 Å². The predicted octanol–water partition coefficient (Wildman–Crippen LogP) is 3.15. The molecule has 0 saturated carbocycles. The molecule has 4 nitrogen and oxygen atoms in total. The number of alkyl halides is 2.